The van der Waals surface area contributed by atoms with E-state index >= 15 is 0 Å². The average Bonchev–Trinajstić information content (AvgIpc) is 3.21. The van der Waals surface area contributed by atoms with Gasteiger partial charge in [0.05, 0.1) is 32.4 Å². The fraction of sp³-hybridized carbons (Fsp3) is 0.227. The molecular weight excluding hydrogens is 382 g/mol. The van der Waals surface area contributed by atoms with Crippen LogP contribution in [0.2, 0.25) is 0 Å². The van der Waals surface area contributed by atoms with Gasteiger partial charge in [-0.1, -0.05) is 18.2 Å². The number of nitrogens with zero attached hydrogens (tertiary/aromatic N) is 4. The predicted octanol–water partition coefficient (Wildman–Crippen LogP) is 3.76. The first-order valence-electron chi connectivity index (χ1n) is 9.43. The smallest absolute Gasteiger partial charge is 0.205 e. The largest absolute Gasteiger partial charge is 0.493 e. The van der Waals surface area contributed by atoms with Crippen molar-refractivity contribution in [1.29, 1.82) is 0 Å². The summed E-state index contributed by atoms with van der Waals surface area (Å²) in [6.07, 6.45) is 5.25. The van der Waals surface area contributed by atoms with Crippen molar-refractivity contribution >= 4 is 16.7 Å². The molecule has 30 heavy (non-hydrogen) atoms. The average molecular weight is 405 g/mol. The van der Waals surface area contributed by atoms with E-state index in [-0.39, 0.29) is 0 Å². The van der Waals surface area contributed by atoms with Gasteiger partial charge in [-0.3, -0.25) is 0 Å². The molecule has 0 atom stereocenters. The first-order chi connectivity index (χ1) is 14.7. The number of fused-ring (bicyclic) bond motifs is 1. The molecule has 2 heterocycles. The van der Waals surface area contributed by atoms with Crippen molar-refractivity contribution < 1.29 is 14.2 Å². The Kier molecular flexibility index (Phi) is 5.38. The molecule has 4 rings (SSSR count). The minimum atomic E-state index is 0.498. The molecule has 0 aliphatic heterocycles. The van der Waals surface area contributed by atoms with Crippen LogP contribution in [0.1, 0.15) is 11.4 Å². The predicted molar refractivity (Wildman–Crippen MR) is 115 cm³/mol. The van der Waals surface area contributed by atoms with Crippen LogP contribution < -0.4 is 19.5 Å². The summed E-state index contributed by atoms with van der Waals surface area (Å²) in [7, 11) is 4.74. The number of aryl methyl sites for hydroxylation is 1. The summed E-state index contributed by atoms with van der Waals surface area (Å²) in [6.45, 7) is 2.55. The molecule has 0 saturated carbocycles. The zero-order valence-corrected chi connectivity index (χ0v) is 17.3. The third kappa shape index (κ3) is 3.36. The lowest BCUT2D eigenvalue weighted by atomic mass is 10.1. The first kappa shape index (κ1) is 19.5. The van der Waals surface area contributed by atoms with Crippen molar-refractivity contribution in [3.8, 4) is 22.9 Å². The summed E-state index contributed by atoms with van der Waals surface area (Å²) in [5.74, 6) is 3.16. The van der Waals surface area contributed by atoms with E-state index in [4.69, 9.17) is 14.2 Å². The van der Waals surface area contributed by atoms with E-state index in [1.807, 2.05) is 31.3 Å². The lowest BCUT2D eigenvalue weighted by Crippen LogP contribution is -2.07. The number of imidazole rings is 1. The molecule has 154 valence electrons. The number of nitrogens with one attached hydrogen (secondary N) is 1. The number of hydrogen-bond donors (Lipinski definition) is 1. The van der Waals surface area contributed by atoms with Gasteiger partial charge in [-0.25, -0.2) is 15.0 Å². The lowest BCUT2D eigenvalue weighted by molar-refractivity contribution is 0.327. The molecule has 0 radical (unpaired) electrons. The molecule has 8 nitrogen and oxygen atoms in total. The third-order valence-corrected chi connectivity index (χ3v) is 4.96. The minimum absolute atomic E-state index is 0.498. The second-order valence-corrected chi connectivity index (χ2v) is 6.59. The third-order valence-electron chi connectivity index (χ3n) is 4.96. The van der Waals surface area contributed by atoms with Gasteiger partial charge >= 0.3 is 0 Å². The van der Waals surface area contributed by atoms with Crippen molar-refractivity contribution in [3.05, 3.63) is 60.4 Å². The van der Waals surface area contributed by atoms with Gasteiger partial charge in [0.25, 0.3) is 0 Å². The van der Waals surface area contributed by atoms with Crippen LogP contribution in [-0.4, -0.2) is 40.8 Å². The number of hydrogen-bond acceptors (Lipinski definition) is 7. The summed E-state index contributed by atoms with van der Waals surface area (Å²) in [4.78, 5) is 13.2. The number of benzene rings is 2. The Bertz CT molecular complexity index is 1190. The monoisotopic (exact) mass is 405 g/mol. The molecule has 8 heteroatoms. The molecule has 2 aromatic heterocycles. The topological polar surface area (TPSA) is 83.3 Å². The molecule has 0 aliphatic carbocycles. The fourth-order valence-electron chi connectivity index (χ4n) is 3.51. The number of para-hydroxylation sites is 1. The maximum absolute atomic E-state index is 5.56. The van der Waals surface area contributed by atoms with Crippen molar-refractivity contribution in [2.24, 2.45) is 0 Å². The molecule has 0 spiro atoms. The number of ether oxygens (including phenoxy) is 3. The van der Waals surface area contributed by atoms with Crippen LogP contribution >= 0.6 is 0 Å². The molecule has 0 unspecified atom stereocenters. The van der Waals surface area contributed by atoms with E-state index in [1.165, 1.54) is 6.33 Å². The number of anilines is 1. The molecule has 0 bridgehead atoms. The first-order valence-corrected chi connectivity index (χ1v) is 9.43. The van der Waals surface area contributed by atoms with Gasteiger partial charge in [-0.2, -0.15) is 0 Å². The Balaban J connectivity index is 1.74. The van der Waals surface area contributed by atoms with Crippen LogP contribution in [0.5, 0.6) is 17.2 Å². The van der Waals surface area contributed by atoms with Crippen LogP contribution in [0, 0.1) is 6.92 Å². The molecule has 4 aromatic rings. The Hall–Kier alpha value is -3.81. The quantitative estimate of drug-likeness (QED) is 0.501. The SMILES string of the molecule is COc1cc2c(NCc3ccccc3-n3ccnc3C)ncnc2c(OC)c1OC. The van der Waals surface area contributed by atoms with E-state index < -0.39 is 0 Å². The standard InChI is InChI=1S/C22H23N5O3/c1-14-23-9-10-27(14)17-8-6-5-7-15(17)12-24-22-16-11-18(28-2)20(29-3)21(30-4)19(16)25-13-26-22/h5-11,13H,12H2,1-4H3,(H,24,25,26). The van der Waals surface area contributed by atoms with Crippen LogP contribution in [0.25, 0.3) is 16.6 Å². The van der Waals surface area contributed by atoms with Gasteiger partial charge in [0, 0.05) is 18.9 Å². The number of rotatable bonds is 7. The van der Waals surface area contributed by atoms with Gasteiger partial charge in [0.2, 0.25) is 5.75 Å². The van der Waals surface area contributed by atoms with Crippen molar-refractivity contribution in [2.45, 2.75) is 13.5 Å². The van der Waals surface area contributed by atoms with E-state index in [0.29, 0.717) is 35.1 Å². The second kappa shape index (κ2) is 8.28. The van der Waals surface area contributed by atoms with Gasteiger partial charge < -0.3 is 24.1 Å². The molecule has 1 N–H and O–H groups in total. The van der Waals surface area contributed by atoms with Crippen LogP contribution in [-0.2, 0) is 6.54 Å². The number of methoxy groups -OCH3 is 3. The number of aromatic nitrogens is 4. The summed E-state index contributed by atoms with van der Waals surface area (Å²) < 4.78 is 18.6. The molecule has 0 saturated heterocycles. The summed E-state index contributed by atoms with van der Waals surface area (Å²) in [5.41, 5.74) is 2.82. The molecule has 0 aliphatic rings. The Morgan fingerprint density at radius 2 is 1.77 bits per heavy atom. The van der Waals surface area contributed by atoms with Gasteiger partial charge in [0.15, 0.2) is 11.5 Å². The molecule has 0 fully saturated rings. The van der Waals surface area contributed by atoms with Crippen LogP contribution in [0.3, 0.4) is 0 Å². The van der Waals surface area contributed by atoms with Crippen molar-refractivity contribution in [2.75, 3.05) is 26.6 Å². The van der Waals surface area contributed by atoms with Crippen LogP contribution in [0.4, 0.5) is 5.82 Å². The maximum atomic E-state index is 5.56. The van der Waals surface area contributed by atoms with Crippen molar-refractivity contribution in [3.63, 3.8) is 0 Å². The van der Waals surface area contributed by atoms with E-state index in [9.17, 15) is 0 Å². The summed E-state index contributed by atoms with van der Waals surface area (Å²) in [6, 6.07) is 10.0. The van der Waals surface area contributed by atoms with E-state index in [1.54, 1.807) is 27.5 Å². The van der Waals surface area contributed by atoms with Gasteiger partial charge in [-0.05, 0) is 24.6 Å². The zero-order valence-electron chi connectivity index (χ0n) is 17.3. The highest BCUT2D eigenvalue weighted by atomic mass is 16.5. The Morgan fingerprint density at radius 1 is 0.967 bits per heavy atom. The summed E-state index contributed by atoms with van der Waals surface area (Å²) >= 11 is 0. The van der Waals surface area contributed by atoms with Gasteiger partial charge in [-0.15, -0.1) is 0 Å². The lowest BCUT2D eigenvalue weighted by Gasteiger charge is -2.17. The molecule has 0 amide bonds. The Morgan fingerprint density at radius 3 is 2.47 bits per heavy atom. The fourth-order valence-corrected chi connectivity index (χ4v) is 3.51. The molecular formula is C22H23N5O3. The minimum Gasteiger partial charge on any atom is -0.493 e. The molecule has 2 aromatic carbocycles. The van der Waals surface area contributed by atoms with Crippen LogP contribution in [0.15, 0.2) is 49.1 Å². The van der Waals surface area contributed by atoms with E-state index in [2.05, 4.69) is 37.0 Å². The zero-order chi connectivity index (χ0) is 21.1. The van der Waals surface area contributed by atoms with Gasteiger partial charge in [0.1, 0.15) is 23.5 Å². The Labute approximate surface area is 174 Å². The second-order valence-electron chi connectivity index (χ2n) is 6.59. The maximum Gasteiger partial charge on any atom is 0.205 e. The van der Waals surface area contributed by atoms with Crippen molar-refractivity contribution in [1.82, 2.24) is 19.5 Å². The highest BCUT2D eigenvalue weighted by Crippen LogP contribution is 2.43. The van der Waals surface area contributed by atoms with E-state index in [0.717, 1.165) is 22.5 Å². The highest BCUT2D eigenvalue weighted by molar-refractivity contribution is 5.96. The normalized spacial score (nSPS) is 10.8. The highest BCUT2D eigenvalue weighted by Gasteiger charge is 2.19. The summed E-state index contributed by atoms with van der Waals surface area (Å²) in [5, 5.41) is 4.21.